The molecule has 0 spiro atoms. The zero-order valence-electron chi connectivity index (χ0n) is 16.9. The number of hydrogen-bond donors (Lipinski definition) is 2. The van der Waals surface area contributed by atoms with Gasteiger partial charge in [-0.1, -0.05) is 11.6 Å². The van der Waals surface area contributed by atoms with E-state index in [1.165, 1.54) is 11.9 Å². The molecule has 2 aromatic carbocycles. The minimum Gasteiger partial charge on any atom is -0.495 e. The number of nitrogens with one attached hydrogen (secondary N) is 2. The molecule has 0 fully saturated rings. The molecule has 30 heavy (non-hydrogen) atoms. The smallest absolute Gasteiger partial charge is 0.203 e. The maximum atomic E-state index is 6.20. The molecular weight excluding hydrogens is 428 g/mol. The molecule has 0 aliphatic carbocycles. The largest absolute Gasteiger partial charge is 0.495 e. The van der Waals surface area contributed by atoms with Gasteiger partial charge in [0, 0.05) is 29.3 Å². The Labute approximate surface area is 183 Å². The van der Waals surface area contributed by atoms with Crippen molar-refractivity contribution in [3.8, 4) is 34.3 Å². The van der Waals surface area contributed by atoms with Gasteiger partial charge in [0.2, 0.25) is 5.75 Å². The summed E-state index contributed by atoms with van der Waals surface area (Å²) in [5.41, 5.74) is 2.43. The Morgan fingerprint density at radius 3 is 2.23 bits per heavy atom. The molecule has 1 aliphatic rings. The third-order valence-corrected chi connectivity index (χ3v) is 5.79. The van der Waals surface area contributed by atoms with Crippen LogP contribution in [0.4, 0.5) is 11.5 Å². The zero-order valence-corrected chi connectivity index (χ0v) is 18.4. The first kappa shape index (κ1) is 20.4. The standard InChI is InChI=1S/C20H21ClN4O4S/c1-26-15-6-5-12(9-13(15)21)22-20-23-18-10-14(24-25(18)30-20)11-7-16(27-2)19(29-4)17(8-11)28-3/h5-10,20,22-23H,1-4H3. The third kappa shape index (κ3) is 3.78. The van der Waals surface area contributed by atoms with Crippen LogP contribution >= 0.6 is 23.5 Å². The Morgan fingerprint density at radius 1 is 0.967 bits per heavy atom. The molecule has 4 rings (SSSR count). The molecule has 0 radical (unpaired) electrons. The average Bonchev–Trinajstić information content (AvgIpc) is 3.31. The molecule has 158 valence electrons. The van der Waals surface area contributed by atoms with Gasteiger partial charge < -0.3 is 29.6 Å². The molecule has 1 unspecified atom stereocenters. The first-order chi connectivity index (χ1) is 14.6. The normalized spacial score (nSPS) is 14.6. The highest BCUT2D eigenvalue weighted by Gasteiger charge is 2.25. The van der Waals surface area contributed by atoms with Gasteiger partial charge in [0.05, 0.1) is 39.2 Å². The number of rotatable bonds is 7. The maximum Gasteiger partial charge on any atom is 0.203 e. The summed E-state index contributed by atoms with van der Waals surface area (Å²) in [6.07, 6.45) is 0. The maximum absolute atomic E-state index is 6.20. The third-order valence-electron chi connectivity index (χ3n) is 4.57. The lowest BCUT2D eigenvalue weighted by atomic mass is 10.1. The van der Waals surface area contributed by atoms with E-state index in [0.717, 1.165) is 22.8 Å². The van der Waals surface area contributed by atoms with Crippen LogP contribution in [0.1, 0.15) is 0 Å². The monoisotopic (exact) mass is 448 g/mol. The fourth-order valence-electron chi connectivity index (χ4n) is 3.14. The first-order valence-electron chi connectivity index (χ1n) is 9.00. The van der Waals surface area contributed by atoms with E-state index in [2.05, 4.69) is 15.7 Å². The van der Waals surface area contributed by atoms with Gasteiger partial charge >= 0.3 is 0 Å². The number of hydrogen-bond acceptors (Lipinski definition) is 8. The molecule has 0 bridgehead atoms. The van der Waals surface area contributed by atoms with Crippen molar-refractivity contribution in [2.45, 2.75) is 5.50 Å². The molecule has 8 nitrogen and oxygen atoms in total. The van der Waals surface area contributed by atoms with Crippen molar-refractivity contribution in [2.75, 3.05) is 39.1 Å². The van der Waals surface area contributed by atoms with Gasteiger partial charge in [-0.2, -0.15) is 9.19 Å². The molecule has 1 atom stereocenters. The highest BCUT2D eigenvalue weighted by Crippen LogP contribution is 2.42. The van der Waals surface area contributed by atoms with Gasteiger partial charge in [0.25, 0.3) is 0 Å². The van der Waals surface area contributed by atoms with Crippen LogP contribution < -0.4 is 29.6 Å². The summed E-state index contributed by atoms with van der Waals surface area (Å²) in [4.78, 5) is 0. The Morgan fingerprint density at radius 2 is 1.67 bits per heavy atom. The first-order valence-corrected chi connectivity index (χ1v) is 10.2. The van der Waals surface area contributed by atoms with E-state index >= 15 is 0 Å². The highest BCUT2D eigenvalue weighted by molar-refractivity contribution is 7.98. The Hall–Kier alpha value is -2.91. The molecule has 2 heterocycles. The molecule has 0 saturated carbocycles. The molecule has 3 aromatic rings. The van der Waals surface area contributed by atoms with Crippen molar-refractivity contribution in [3.05, 3.63) is 41.4 Å². The van der Waals surface area contributed by atoms with Gasteiger partial charge in [0.1, 0.15) is 11.6 Å². The predicted octanol–water partition coefficient (Wildman–Crippen LogP) is 4.56. The Bertz CT molecular complexity index is 1030. The van der Waals surface area contributed by atoms with Crippen molar-refractivity contribution < 1.29 is 18.9 Å². The van der Waals surface area contributed by atoms with Crippen molar-refractivity contribution >= 4 is 35.1 Å². The second-order valence-electron chi connectivity index (χ2n) is 6.33. The molecular formula is C20H21ClN4O4S. The summed E-state index contributed by atoms with van der Waals surface area (Å²) in [6.45, 7) is 0. The van der Waals surface area contributed by atoms with Crippen molar-refractivity contribution in [1.82, 2.24) is 9.19 Å². The minimum absolute atomic E-state index is 0.0917. The van der Waals surface area contributed by atoms with Crippen LogP contribution in [-0.2, 0) is 0 Å². The van der Waals surface area contributed by atoms with E-state index < -0.39 is 0 Å². The van der Waals surface area contributed by atoms with Crippen LogP contribution in [0, 0.1) is 0 Å². The number of halogens is 1. The zero-order chi connectivity index (χ0) is 21.3. The summed E-state index contributed by atoms with van der Waals surface area (Å²) in [7, 11) is 6.35. The Balaban J connectivity index is 1.52. The molecule has 0 amide bonds. The van der Waals surface area contributed by atoms with E-state index in [-0.39, 0.29) is 5.50 Å². The lowest BCUT2D eigenvalue weighted by Crippen LogP contribution is -2.21. The highest BCUT2D eigenvalue weighted by atomic mass is 35.5. The average molecular weight is 449 g/mol. The predicted molar refractivity (Wildman–Crippen MR) is 119 cm³/mol. The lowest BCUT2D eigenvalue weighted by molar-refractivity contribution is 0.324. The van der Waals surface area contributed by atoms with E-state index in [1.807, 2.05) is 40.5 Å². The van der Waals surface area contributed by atoms with Crippen LogP contribution in [-0.4, -0.2) is 43.1 Å². The molecule has 2 N–H and O–H groups in total. The number of fused-ring (bicyclic) bond motifs is 1. The number of aromatic nitrogens is 2. The summed E-state index contributed by atoms with van der Waals surface area (Å²) >= 11 is 7.72. The van der Waals surface area contributed by atoms with Crippen LogP contribution in [0.15, 0.2) is 36.4 Å². The van der Waals surface area contributed by atoms with Gasteiger partial charge in [0.15, 0.2) is 17.0 Å². The lowest BCUT2D eigenvalue weighted by Gasteiger charge is -2.15. The number of nitrogens with zero attached hydrogens (tertiary/aromatic N) is 2. The molecule has 1 aliphatic heterocycles. The number of anilines is 2. The van der Waals surface area contributed by atoms with Gasteiger partial charge in [-0.15, -0.1) is 0 Å². The molecule has 10 heteroatoms. The minimum atomic E-state index is -0.0917. The van der Waals surface area contributed by atoms with Crippen molar-refractivity contribution in [1.29, 1.82) is 0 Å². The fourth-order valence-corrected chi connectivity index (χ4v) is 4.32. The fraction of sp³-hybridized carbons (Fsp3) is 0.250. The van der Waals surface area contributed by atoms with Gasteiger partial charge in [-0.3, -0.25) is 0 Å². The van der Waals surface area contributed by atoms with Crippen LogP contribution in [0.2, 0.25) is 5.02 Å². The quantitative estimate of drug-likeness (QED) is 0.544. The van der Waals surface area contributed by atoms with Crippen molar-refractivity contribution in [2.24, 2.45) is 0 Å². The van der Waals surface area contributed by atoms with E-state index in [0.29, 0.717) is 28.0 Å². The van der Waals surface area contributed by atoms with Crippen molar-refractivity contribution in [3.63, 3.8) is 0 Å². The number of ether oxygens (including phenoxy) is 4. The SMILES string of the molecule is COc1ccc(NC2Nc3cc(-c4cc(OC)c(OC)c(OC)c4)nn3S2)cc1Cl. The summed E-state index contributed by atoms with van der Waals surface area (Å²) in [5, 5.41) is 12.0. The molecule has 1 aromatic heterocycles. The topological polar surface area (TPSA) is 78.8 Å². The second-order valence-corrected chi connectivity index (χ2v) is 7.76. The molecule has 0 saturated heterocycles. The van der Waals surface area contributed by atoms with Crippen LogP contribution in [0.5, 0.6) is 23.0 Å². The van der Waals surface area contributed by atoms with Gasteiger partial charge in [-0.05, 0) is 30.3 Å². The van der Waals surface area contributed by atoms with Gasteiger partial charge in [-0.25, -0.2) is 0 Å². The number of benzene rings is 2. The van der Waals surface area contributed by atoms with E-state index in [1.54, 1.807) is 28.4 Å². The number of methoxy groups -OCH3 is 4. The summed E-state index contributed by atoms with van der Waals surface area (Å²) in [5.74, 6) is 3.22. The van der Waals surface area contributed by atoms with Crippen LogP contribution in [0.25, 0.3) is 11.3 Å². The summed E-state index contributed by atoms with van der Waals surface area (Å²) < 4.78 is 23.3. The van der Waals surface area contributed by atoms with E-state index in [9.17, 15) is 0 Å². The summed E-state index contributed by atoms with van der Waals surface area (Å²) in [6, 6.07) is 11.3. The second kappa shape index (κ2) is 8.45. The Kier molecular flexibility index (Phi) is 5.74. The van der Waals surface area contributed by atoms with E-state index in [4.69, 9.17) is 30.5 Å². The van der Waals surface area contributed by atoms with Crippen LogP contribution in [0.3, 0.4) is 0 Å².